The molecule has 4 heteroatoms. The Morgan fingerprint density at radius 2 is 2.20 bits per heavy atom. The maximum absolute atomic E-state index is 9.72. The lowest BCUT2D eigenvalue weighted by Crippen LogP contribution is -2.33. The number of phenolic OH excluding ortho intramolecular Hbond substituents is 1. The molecule has 0 radical (unpaired) electrons. The lowest BCUT2D eigenvalue weighted by Gasteiger charge is -2.19. The molecule has 0 unspecified atom stereocenters. The lowest BCUT2D eigenvalue weighted by molar-refractivity contribution is 0.455. The Morgan fingerprint density at radius 1 is 1.40 bits per heavy atom. The largest absolute Gasteiger partial charge is 0.507 e. The molecule has 1 aliphatic rings. The van der Waals surface area contributed by atoms with E-state index in [4.69, 9.17) is 5.73 Å². The van der Waals surface area contributed by atoms with Gasteiger partial charge in [-0.15, -0.1) is 0 Å². The van der Waals surface area contributed by atoms with Crippen LogP contribution in [0.15, 0.2) is 29.3 Å². The van der Waals surface area contributed by atoms with Gasteiger partial charge < -0.3 is 15.7 Å². The van der Waals surface area contributed by atoms with E-state index in [2.05, 4.69) is 9.89 Å². The molecule has 1 heterocycles. The van der Waals surface area contributed by atoms with Crippen molar-refractivity contribution >= 4 is 5.84 Å². The highest BCUT2D eigenvalue weighted by Crippen LogP contribution is 2.20. The van der Waals surface area contributed by atoms with Crippen molar-refractivity contribution in [3.05, 3.63) is 29.8 Å². The first-order valence-electron chi connectivity index (χ1n) is 5.11. The lowest BCUT2D eigenvalue weighted by atomic mass is 10.1. The molecule has 1 aliphatic heterocycles. The molecule has 4 nitrogen and oxygen atoms in total. The van der Waals surface area contributed by atoms with Gasteiger partial charge in [-0.25, -0.2) is 0 Å². The predicted octanol–water partition coefficient (Wildman–Crippen LogP) is 0.413. The van der Waals surface area contributed by atoms with Gasteiger partial charge in [0.05, 0.1) is 12.1 Å². The maximum atomic E-state index is 9.72. The van der Waals surface area contributed by atoms with Crippen LogP contribution >= 0.6 is 0 Å². The van der Waals surface area contributed by atoms with Crippen molar-refractivity contribution < 1.29 is 5.11 Å². The van der Waals surface area contributed by atoms with Crippen molar-refractivity contribution in [1.29, 1.82) is 0 Å². The van der Waals surface area contributed by atoms with Crippen LogP contribution in [-0.4, -0.2) is 42.0 Å². The third-order valence-corrected chi connectivity index (χ3v) is 2.47. The highest BCUT2D eigenvalue weighted by molar-refractivity contribution is 6.01. The van der Waals surface area contributed by atoms with Gasteiger partial charge in [0.15, 0.2) is 0 Å². The second-order valence-electron chi connectivity index (χ2n) is 3.50. The SMILES string of the molecule is NCCN1CCN=C1c1ccccc1O. The zero-order chi connectivity index (χ0) is 10.7. The van der Waals surface area contributed by atoms with Crippen LogP contribution < -0.4 is 5.73 Å². The van der Waals surface area contributed by atoms with E-state index >= 15 is 0 Å². The van der Waals surface area contributed by atoms with Gasteiger partial charge in [-0.2, -0.15) is 0 Å². The standard InChI is InChI=1S/C11H15N3O/c12-5-7-14-8-6-13-11(14)9-3-1-2-4-10(9)15/h1-4,15H,5-8,12H2. The van der Waals surface area contributed by atoms with E-state index in [1.807, 2.05) is 18.2 Å². The van der Waals surface area contributed by atoms with Gasteiger partial charge in [0.1, 0.15) is 11.6 Å². The van der Waals surface area contributed by atoms with E-state index in [0.29, 0.717) is 6.54 Å². The van der Waals surface area contributed by atoms with Crippen LogP contribution in [0.4, 0.5) is 0 Å². The van der Waals surface area contributed by atoms with E-state index in [1.54, 1.807) is 6.07 Å². The van der Waals surface area contributed by atoms with E-state index in [1.165, 1.54) is 0 Å². The van der Waals surface area contributed by atoms with Crippen LogP contribution in [0.5, 0.6) is 5.75 Å². The Morgan fingerprint density at radius 3 is 2.93 bits per heavy atom. The highest BCUT2D eigenvalue weighted by atomic mass is 16.3. The first kappa shape index (κ1) is 9.98. The topological polar surface area (TPSA) is 61.8 Å². The molecule has 0 amide bonds. The van der Waals surface area contributed by atoms with Gasteiger partial charge in [0, 0.05) is 19.6 Å². The molecule has 0 aromatic heterocycles. The molecule has 0 aliphatic carbocycles. The van der Waals surface area contributed by atoms with E-state index in [-0.39, 0.29) is 5.75 Å². The average Bonchev–Trinajstić information content (AvgIpc) is 2.67. The Balaban J connectivity index is 2.27. The predicted molar refractivity (Wildman–Crippen MR) is 60.1 cm³/mol. The van der Waals surface area contributed by atoms with E-state index in [0.717, 1.165) is 31.0 Å². The molecule has 0 bridgehead atoms. The Labute approximate surface area is 89.0 Å². The summed E-state index contributed by atoms with van der Waals surface area (Å²) in [7, 11) is 0. The molecule has 15 heavy (non-hydrogen) atoms. The third kappa shape index (κ3) is 1.94. The summed E-state index contributed by atoms with van der Waals surface area (Å²) in [5, 5.41) is 9.72. The summed E-state index contributed by atoms with van der Waals surface area (Å²) in [6.07, 6.45) is 0. The van der Waals surface area contributed by atoms with Crippen LogP contribution in [0.2, 0.25) is 0 Å². The maximum Gasteiger partial charge on any atom is 0.134 e. The fourth-order valence-electron chi connectivity index (χ4n) is 1.77. The quantitative estimate of drug-likeness (QED) is 0.751. The van der Waals surface area contributed by atoms with Crippen molar-refractivity contribution in [3.8, 4) is 5.75 Å². The van der Waals surface area contributed by atoms with Gasteiger partial charge in [0.25, 0.3) is 0 Å². The molecule has 0 saturated carbocycles. The number of amidine groups is 1. The number of rotatable bonds is 3. The molecule has 3 N–H and O–H groups in total. The number of hydrogen-bond acceptors (Lipinski definition) is 4. The minimum Gasteiger partial charge on any atom is -0.507 e. The second kappa shape index (κ2) is 4.31. The summed E-state index contributed by atoms with van der Waals surface area (Å²) in [6.45, 7) is 3.06. The van der Waals surface area contributed by atoms with Crippen molar-refractivity contribution in [2.24, 2.45) is 10.7 Å². The summed E-state index contributed by atoms with van der Waals surface area (Å²) >= 11 is 0. The monoisotopic (exact) mass is 205 g/mol. The molecule has 80 valence electrons. The Hall–Kier alpha value is -1.55. The number of hydrogen-bond donors (Lipinski definition) is 2. The summed E-state index contributed by atoms with van der Waals surface area (Å²) < 4.78 is 0. The van der Waals surface area contributed by atoms with Crippen LogP contribution in [0, 0.1) is 0 Å². The first-order chi connectivity index (χ1) is 7.33. The number of aromatic hydroxyl groups is 1. The fraction of sp³-hybridized carbons (Fsp3) is 0.364. The van der Waals surface area contributed by atoms with Gasteiger partial charge in [-0.1, -0.05) is 12.1 Å². The number of nitrogens with two attached hydrogens (primary N) is 1. The average molecular weight is 205 g/mol. The molecule has 0 spiro atoms. The number of phenols is 1. The van der Waals surface area contributed by atoms with Crippen molar-refractivity contribution in [3.63, 3.8) is 0 Å². The van der Waals surface area contributed by atoms with Gasteiger partial charge >= 0.3 is 0 Å². The summed E-state index contributed by atoms with van der Waals surface area (Å²) in [4.78, 5) is 6.50. The number of benzene rings is 1. The zero-order valence-electron chi connectivity index (χ0n) is 8.56. The van der Waals surface area contributed by atoms with Crippen LogP contribution in [-0.2, 0) is 0 Å². The van der Waals surface area contributed by atoms with Gasteiger partial charge in [-0.05, 0) is 12.1 Å². The molecule has 1 aromatic carbocycles. The number of nitrogens with zero attached hydrogens (tertiary/aromatic N) is 2. The van der Waals surface area contributed by atoms with Crippen LogP contribution in [0.1, 0.15) is 5.56 Å². The van der Waals surface area contributed by atoms with Crippen molar-refractivity contribution in [2.45, 2.75) is 0 Å². The molecular weight excluding hydrogens is 190 g/mol. The normalized spacial score (nSPS) is 15.5. The minimum absolute atomic E-state index is 0.278. The fourth-order valence-corrected chi connectivity index (χ4v) is 1.77. The molecular formula is C11H15N3O. The molecule has 0 saturated heterocycles. The first-order valence-corrected chi connectivity index (χ1v) is 5.11. The van der Waals surface area contributed by atoms with E-state index < -0.39 is 0 Å². The molecule has 0 atom stereocenters. The van der Waals surface area contributed by atoms with Gasteiger partial charge in [0.2, 0.25) is 0 Å². The van der Waals surface area contributed by atoms with Crippen molar-refractivity contribution in [2.75, 3.05) is 26.2 Å². The second-order valence-corrected chi connectivity index (χ2v) is 3.50. The Kier molecular flexibility index (Phi) is 2.87. The van der Waals surface area contributed by atoms with Crippen molar-refractivity contribution in [1.82, 2.24) is 4.90 Å². The smallest absolute Gasteiger partial charge is 0.134 e. The van der Waals surface area contributed by atoms with E-state index in [9.17, 15) is 5.11 Å². The van der Waals surface area contributed by atoms with Crippen LogP contribution in [0.25, 0.3) is 0 Å². The van der Waals surface area contributed by atoms with Crippen LogP contribution in [0.3, 0.4) is 0 Å². The molecule has 0 fully saturated rings. The summed E-state index contributed by atoms with van der Waals surface area (Å²) in [5.74, 6) is 1.14. The zero-order valence-corrected chi connectivity index (χ0v) is 8.56. The summed E-state index contributed by atoms with van der Waals surface area (Å²) in [6, 6.07) is 7.26. The third-order valence-electron chi connectivity index (χ3n) is 2.47. The number of aliphatic imine (C=N–C) groups is 1. The minimum atomic E-state index is 0.278. The summed E-state index contributed by atoms with van der Waals surface area (Å²) in [5.41, 5.74) is 6.32. The van der Waals surface area contributed by atoms with Gasteiger partial charge in [-0.3, -0.25) is 4.99 Å². The molecule has 1 aromatic rings. The Bertz CT molecular complexity index is 376. The number of para-hydroxylation sites is 1. The molecule has 2 rings (SSSR count). The highest BCUT2D eigenvalue weighted by Gasteiger charge is 2.19.